The Hall–Kier alpha value is -3.36. The van der Waals surface area contributed by atoms with Crippen molar-refractivity contribution in [2.45, 2.75) is 57.8 Å². The first-order valence-corrected chi connectivity index (χ1v) is 15.7. The molecule has 0 atom stereocenters. The van der Waals surface area contributed by atoms with Crippen molar-refractivity contribution >= 4 is 34.2 Å². The van der Waals surface area contributed by atoms with E-state index in [1.165, 1.54) is 19.3 Å². The van der Waals surface area contributed by atoms with Gasteiger partial charge in [-0.3, -0.25) is 14.6 Å². The lowest BCUT2D eigenvalue weighted by Crippen LogP contribution is -2.52. The number of nitrogens with zero attached hydrogens (tertiary/aromatic N) is 2. The third-order valence-electron chi connectivity index (χ3n) is 9.25. The number of likely N-dealkylation sites (tertiary alicyclic amines) is 1. The van der Waals surface area contributed by atoms with Gasteiger partial charge in [-0.25, -0.2) is 0 Å². The molecule has 0 bridgehead atoms. The molecule has 1 saturated carbocycles. The summed E-state index contributed by atoms with van der Waals surface area (Å²) in [7, 11) is 1.58. The van der Waals surface area contributed by atoms with Gasteiger partial charge in [0, 0.05) is 54.0 Å². The summed E-state index contributed by atoms with van der Waals surface area (Å²) in [5, 5.41) is 1.26. The fourth-order valence-electron chi connectivity index (χ4n) is 6.12. The number of carbonyl (C=O) groups excluding carboxylic acids is 2. The summed E-state index contributed by atoms with van der Waals surface area (Å²) in [6.45, 7) is 3.45. The molecule has 0 N–H and O–H groups in total. The van der Waals surface area contributed by atoms with Crippen LogP contribution >= 0.6 is 11.6 Å². The van der Waals surface area contributed by atoms with Crippen molar-refractivity contribution in [3.8, 4) is 23.0 Å². The molecule has 9 heteroatoms. The van der Waals surface area contributed by atoms with Gasteiger partial charge in [-0.05, 0) is 55.0 Å². The number of hydrogen-bond acceptors (Lipinski definition) is 7. The molecule has 2 aliphatic heterocycles. The predicted molar refractivity (Wildman–Crippen MR) is 164 cm³/mol. The molecule has 1 aliphatic carbocycles. The Morgan fingerprint density at radius 1 is 1.05 bits per heavy atom. The highest BCUT2D eigenvalue weighted by Crippen LogP contribution is 2.39. The van der Waals surface area contributed by atoms with E-state index in [0.29, 0.717) is 58.2 Å². The van der Waals surface area contributed by atoms with Crippen molar-refractivity contribution in [3.05, 3.63) is 53.2 Å². The maximum atomic E-state index is 12.8. The zero-order valence-electron chi connectivity index (χ0n) is 24.7. The van der Waals surface area contributed by atoms with Gasteiger partial charge in [0.1, 0.15) is 17.3 Å². The maximum absolute atomic E-state index is 12.8. The van der Waals surface area contributed by atoms with Crippen molar-refractivity contribution in [3.63, 3.8) is 0 Å². The van der Waals surface area contributed by atoms with Gasteiger partial charge in [-0.15, -0.1) is 0 Å². The Morgan fingerprint density at radius 3 is 2.53 bits per heavy atom. The number of pyridine rings is 1. The quantitative estimate of drug-likeness (QED) is 0.224. The first-order valence-electron chi connectivity index (χ1n) is 15.3. The van der Waals surface area contributed by atoms with E-state index >= 15 is 0 Å². The second-order valence-corrected chi connectivity index (χ2v) is 12.6. The number of hydrogen-bond donors (Lipinski definition) is 0. The minimum atomic E-state index is 0.103. The van der Waals surface area contributed by atoms with Crippen LogP contribution in [-0.4, -0.2) is 61.6 Å². The summed E-state index contributed by atoms with van der Waals surface area (Å²) in [5.74, 6) is 3.24. The number of ether oxygens (including phenoxy) is 4. The number of ketones is 1. The fourth-order valence-corrected chi connectivity index (χ4v) is 6.35. The number of rotatable bonds is 12. The molecule has 8 nitrogen and oxygen atoms in total. The van der Waals surface area contributed by atoms with Gasteiger partial charge in [-0.1, -0.05) is 36.9 Å². The first-order chi connectivity index (χ1) is 20.9. The first kappa shape index (κ1) is 29.7. The Morgan fingerprint density at radius 2 is 1.86 bits per heavy atom. The third-order valence-corrected chi connectivity index (χ3v) is 9.60. The van der Waals surface area contributed by atoms with E-state index in [1.54, 1.807) is 31.5 Å². The molecule has 2 saturated heterocycles. The molecule has 228 valence electrons. The smallest absolute Gasteiger partial charge is 0.225 e. The lowest BCUT2D eigenvalue weighted by molar-refractivity contribution is -0.153. The number of Topliss-reactive ketones (excluding diaryl/α,β-unsaturated/α-hetero) is 1. The monoisotopic (exact) mass is 606 g/mol. The highest BCUT2D eigenvalue weighted by atomic mass is 35.5. The summed E-state index contributed by atoms with van der Waals surface area (Å²) >= 11 is 6.56. The van der Waals surface area contributed by atoms with E-state index in [9.17, 15) is 9.59 Å². The zero-order valence-corrected chi connectivity index (χ0v) is 25.5. The number of fused-ring (bicyclic) bond motifs is 1. The lowest BCUT2D eigenvalue weighted by Gasteiger charge is -2.47. The Kier molecular flexibility index (Phi) is 9.05. The molecule has 1 aromatic heterocycles. The number of carbonyl (C=O) groups is 2. The van der Waals surface area contributed by atoms with Crippen LogP contribution in [0.3, 0.4) is 0 Å². The summed E-state index contributed by atoms with van der Waals surface area (Å²) in [6, 6.07) is 10.9. The number of halogens is 1. The van der Waals surface area contributed by atoms with Gasteiger partial charge < -0.3 is 23.8 Å². The van der Waals surface area contributed by atoms with Crippen LogP contribution in [0.15, 0.2) is 42.6 Å². The molecular weight excluding hydrogens is 568 g/mol. The van der Waals surface area contributed by atoms with Crippen molar-refractivity contribution in [2.75, 3.05) is 40.0 Å². The average molecular weight is 607 g/mol. The van der Waals surface area contributed by atoms with Crippen LogP contribution in [0.5, 0.6) is 23.0 Å². The summed E-state index contributed by atoms with van der Waals surface area (Å²) < 4.78 is 23.2. The molecule has 3 fully saturated rings. The van der Waals surface area contributed by atoms with Gasteiger partial charge in [0.2, 0.25) is 5.91 Å². The minimum Gasteiger partial charge on any atom is -0.493 e. The van der Waals surface area contributed by atoms with Crippen molar-refractivity contribution in [2.24, 2.45) is 11.3 Å². The molecule has 1 amide bonds. The van der Waals surface area contributed by atoms with E-state index in [4.69, 9.17) is 30.5 Å². The van der Waals surface area contributed by atoms with Crippen LogP contribution in [0.4, 0.5) is 0 Å². The van der Waals surface area contributed by atoms with E-state index in [0.717, 1.165) is 62.4 Å². The van der Waals surface area contributed by atoms with Crippen LogP contribution in [-0.2, 0) is 20.7 Å². The summed E-state index contributed by atoms with van der Waals surface area (Å²) in [5.41, 5.74) is 1.78. The van der Waals surface area contributed by atoms with Gasteiger partial charge in [0.15, 0.2) is 11.5 Å². The Bertz CT molecular complexity index is 1480. The van der Waals surface area contributed by atoms with E-state index < -0.39 is 0 Å². The second kappa shape index (κ2) is 13.1. The number of benzene rings is 2. The molecule has 1 spiro atoms. The molecule has 43 heavy (non-hydrogen) atoms. The number of aromatic nitrogens is 1. The molecule has 3 aromatic rings. The van der Waals surface area contributed by atoms with E-state index in [1.807, 2.05) is 23.1 Å². The molecule has 0 radical (unpaired) electrons. The van der Waals surface area contributed by atoms with Crippen molar-refractivity contribution < 1.29 is 28.5 Å². The Balaban J connectivity index is 1.07. The molecule has 2 aromatic carbocycles. The summed E-state index contributed by atoms with van der Waals surface area (Å²) in [6.07, 6.45) is 9.70. The molecule has 3 aliphatic rings. The predicted octanol–water partition coefficient (Wildman–Crippen LogP) is 6.79. The fraction of sp³-hybridized carbons (Fsp3) is 0.500. The maximum Gasteiger partial charge on any atom is 0.225 e. The minimum absolute atomic E-state index is 0.103. The molecular formula is C34H39ClN2O6. The normalized spacial score (nSPS) is 17.8. The Labute approximate surface area is 257 Å². The van der Waals surface area contributed by atoms with Crippen LogP contribution in [0, 0.1) is 11.3 Å². The summed E-state index contributed by atoms with van der Waals surface area (Å²) in [4.78, 5) is 31.7. The van der Waals surface area contributed by atoms with Crippen molar-refractivity contribution in [1.29, 1.82) is 0 Å². The molecule has 6 rings (SSSR count). The van der Waals surface area contributed by atoms with Gasteiger partial charge in [0.05, 0.1) is 38.9 Å². The zero-order chi connectivity index (χ0) is 29.8. The van der Waals surface area contributed by atoms with Gasteiger partial charge >= 0.3 is 0 Å². The number of amides is 1. The van der Waals surface area contributed by atoms with E-state index in [-0.39, 0.29) is 18.3 Å². The highest BCUT2D eigenvalue weighted by Gasteiger charge is 2.41. The SMILES string of the molecule is COc1cc2c(Oc3ccc(CC(=O)CCC4CCC4)c(Cl)c3)ccnc2cc1OCCC(=O)N1CCC2(CC1)COC2. The van der Waals surface area contributed by atoms with Gasteiger partial charge in [0.25, 0.3) is 0 Å². The largest absolute Gasteiger partial charge is 0.493 e. The third kappa shape index (κ3) is 6.91. The van der Waals surface area contributed by atoms with Gasteiger partial charge in [-0.2, -0.15) is 0 Å². The topological polar surface area (TPSA) is 87.2 Å². The molecule has 3 heterocycles. The molecule has 0 unspecified atom stereocenters. The lowest BCUT2D eigenvalue weighted by atomic mass is 9.77. The standard InChI is InChI=1S/C34H39ClN2O6/c1-40-31-19-27-29(20-32(31)42-16-10-33(39)37-14-11-34(12-15-37)21-41-22-34)36-13-9-30(27)43-26-8-6-24(28(35)18-26)17-25(38)7-5-23-3-2-4-23/h6,8-9,13,18-20,23H,2-5,7,10-12,14-17,21-22H2,1H3. The van der Waals surface area contributed by atoms with Crippen molar-refractivity contribution in [1.82, 2.24) is 9.88 Å². The average Bonchev–Trinajstić information content (AvgIpc) is 2.96. The van der Waals surface area contributed by atoms with Crippen LogP contribution in [0.25, 0.3) is 10.9 Å². The number of methoxy groups -OCH3 is 1. The second-order valence-electron chi connectivity index (χ2n) is 12.2. The van der Waals surface area contributed by atoms with Crippen LogP contribution in [0.1, 0.15) is 56.9 Å². The highest BCUT2D eigenvalue weighted by molar-refractivity contribution is 6.31. The van der Waals surface area contributed by atoms with Crippen LogP contribution < -0.4 is 14.2 Å². The number of piperidine rings is 1. The van der Waals surface area contributed by atoms with Crippen LogP contribution in [0.2, 0.25) is 5.02 Å². The van der Waals surface area contributed by atoms with E-state index in [2.05, 4.69) is 4.98 Å².